The summed E-state index contributed by atoms with van der Waals surface area (Å²) in [4.78, 5) is 24.0. The highest BCUT2D eigenvalue weighted by Gasteiger charge is 2.13. The van der Waals surface area contributed by atoms with Gasteiger partial charge < -0.3 is 10.1 Å². The van der Waals surface area contributed by atoms with Gasteiger partial charge in [0.25, 0.3) is 5.91 Å². The van der Waals surface area contributed by atoms with E-state index < -0.39 is 18.5 Å². The summed E-state index contributed by atoms with van der Waals surface area (Å²) in [5.74, 6) is -1.08. The third-order valence-corrected chi connectivity index (χ3v) is 3.86. The van der Waals surface area contributed by atoms with Gasteiger partial charge in [-0.25, -0.2) is 9.48 Å². The second-order valence-electron chi connectivity index (χ2n) is 5.21. The third-order valence-electron chi connectivity index (χ3n) is 3.53. The van der Waals surface area contributed by atoms with E-state index in [4.69, 9.17) is 16.3 Å². The van der Waals surface area contributed by atoms with E-state index in [0.29, 0.717) is 28.3 Å². The Morgan fingerprint density at radius 3 is 2.80 bits per heavy atom. The van der Waals surface area contributed by atoms with Gasteiger partial charge in [0.1, 0.15) is 5.52 Å². The van der Waals surface area contributed by atoms with Crippen molar-refractivity contribution < 1.29 is 14.3 Å². The number of aryl methyl sites for hydroxylation is 1. The summed E-state index contributed by atoms with van der Waals surface area (Å²) >= 11 is 5.96. The van der Waals surface area contributed by atoms with Crippen molar-refractivity contribution in [1.82, 2.24) is 15.0 Å². The number of anilines is 1. The maximum Gasteiger partial charge on any atom is 0.338 e. The molecule has 1 amide bonds. The molecule has 0 saturated carbocycles. The van der Waals surface area contributed by atoms with Crippen molar-refractivity contribution in [2.75, 3.05) is 11.9 Å². The van der Waals surface area contributed by atoms with Crippen LogP contribution in [-0.2, 0) is 16.1 Å². The molecule has 1 aromatic heterocycles. The Morgan fingerprint density at radius 1 is 1.24 bits per heavy atom. The molecule has 7 nitrogen and oxygen atoms in total. The minimum atomic E-state index is -0.609. The summed E-state index contributed by atoms with van der Waals surface area (Å²) in [5, 5.41) is 11.0. The number of halogens is 1. The number of carbonyl (C=O) groups is 2. The Labute approximate surface area is 148 Å². The van der Waals surface area contributed by atoms with Crippen LogP contribution in [0.2, 0.25) is 5.02 Å². The van der Waals surface area contributed by atoms with Gasteiger partial charge in [0.15, 0.2) is 6.61 Å². The fraction of sp³-hybridized carbons (Fsp3) is 0.176. The molecular formula is C17H15ClN4O3. The Morgan fingerprint density at radius 2 is 2.04 bits per heavy atom. The van der Waals surface area contributed by atoms with Crippen LogP contribution in [0.25, 0.3) is 11.0 Å². The van der Waals surface area contributed by atoms with Gasteiger partial charge in [-0.1, -0.05) is 28.9 Å². The van der Waals surface area contributed by atoms with E-state index in [1.54, 1.807) is 47.1 Å². The standard InChI is InChI=1S/C17H15ClN4O3/c1-2-22-15-8-7-11(9-14(15)20-21-22)17(24)25-10-16(23)19-13-6-4-3-5-12(13)18/h3-9H,2,10H2,1H3,(H,19,23). The van der Waals surface area contributed by atoms with E-state index in [-0.39, 0.29) is 0 Å². The summed E-state index contributed by atoms with van der Waals surface area (Å²) in [5.41, 5.74) is 2.19. The highest BCUT2D eigenvalue weighted by Crippen LogP contribution is 2.20. The van der Waals surface area contributed by atoms with Crippen molar-refractivity contribution in [2.45, 2.75) is 13.5 Å². The summed E-state index contributed by atoms with van der Waals surface area (Å²) in [6.07, 6.45) is 0. The number of nitrogens with zero attached hydrogens (tertiary/aromatic N) is 3. The monoisotopic (exact) mass is 358 g/mol. The number of rotatable bonds is 5. The lowest BCUT2D eigenvalue weighted by atomic mass is 10.2. The number of esters is 1. The van der Waals surface area contributed by atoms with Crippen LogP contribution in [-0.4, -0.2) is 33.5 Å². The SMILES string of the molecule is CCn1nnc2cc(C(=O)OCC(=O)Nc3ccccc3Cl)ccc21. The molecule has 0 bridgehead atoms. The van der Waals surface area contributed by atoms with Gasteiger partial charge in [-0.05, 0) is 37.3 Å². The van der Waals surface area contributed by atoms with E-state index in [0.717, 1.165) is 5.52 Å². The fourth-order valence-electron chi connectivity index (χ4n) is 2.30. The molecular weight excluding hydrogens is 344 g/mol. The molecule has 0 saturated heterocycles. The molecule has 8 heteroatoms. The molecule has 0 unspecified atom stereocenters. The number of nitrogens with one attached hydrogen (secondary N) is 1. The van der Waals surface area contributed by atoms with Crippen LogP contribution in [0.1, 0.15) is 17.3 Å². The molecule has 0 aliphatic rings. The van der Waals surface area contributed by atoms with Crippen molar-refractivity contribution in [1.29, 1.82) is 0 Å². The number of ether oxygens (including phenoxy) is 1. The Kier molecular flexibility index (Phi) is 4.95. The number of hydrogen-bond donors (Lipinski definition) is 1. The van der Waals surface area contributed by atoms with Crippen molar-refractivity contribution in [2.24, 2.45) is 0 Å². The van der Waals surface area contributed by atoms with Crippen LogP contribution >= 0.6 is 11.6 Å². The second kappa shape index (κ2) is 7.31. The van der Waals surface area contributed by atoms with Gasteiger partial charge >= 0.3 is 5.97 Å². The number of carbonyl (C=O) groups excluding carboxylic acids is 2. The number of amides is 1. The molecule has 0 atom stereocenters. The lowest BCUT2D eigenvalue weighted by molar-refractivity contribution is -0.119. The number of benzene rings is 2. The van der Waals surface area contributed by atoms with E-state index in [1.165, 1.54) is 0 Å². The first kappa shape index (κ1) is 16.9. The number of aromatic nitrogens is 3. The van der Waals surface area contributed by atoms with Gasteiger partial charge in [0, 0.05) is 6.54 Å². The van der Waals surface area contributed by atoms with Gasteiger partial charge in [0.2, 0.25) is 0 Å². The largest absolute Gasteiger partial charge is 0.452 e. The van der Waals surface area contributed by atoms with E-state index in [1.807, 2.05) is 6.92 Å². The molecule has 3 rings (SSSR count). The van der Waals surface area contributed by atoms with Crippen molar-refractivity contribution in [3.8, 4) is 0 Å². The van der Waals surface area contributed by atoms with Crippen molar-refractivity contribution in [3.63, 3.8) is 0 Å². The van der Waals surface area contributed by atoms with Crippen LogP contribution in [0.4, 0.5) is 5.69 Å². The van der Waals surface area contributed by atoms with Crippen LogP contribution in [0.15, 0.2) is 42.5 Å². The molecule has 3 aromatic rings. The summed E-state index contributed by atoms with van der Waals surface area (Å²) in [7, 11) is 0. The third kappa shape index (κ3) is 3.77. The maximum absolute atomic E-state index is 12.1. The lowest BCUT2D eigenvalue weighted by Crippen LogP contribution is -2.21. The quantitative estimate of drug-likeness (QED) is 0.709. The highest BCUT2D eigenvalue weighted by atomic mass is 35.5. The topological polar surface area (TPSA) is 86.1 Å². The number of hydrogen-bond acceptors (Lipinski definition) is 5. The van der Waals surface area contributed by atoms with Crippen LogP contribution < -0.4 is 5.32 Å². The van der Waals surface area contributed by atoms with Gasteiger partial charge in [-0.15, -0.1) is 5.10 Å². The Balaban J connectivity index is 1.62. The highest BCUT2D eigenvalue weighted by molar-refractivity contribution is 6.33. The zero-order valence-corrected chi connectivity index (χ0v) is 14.2. The summed E-state index contributed by atoms with van der Waals surface area (Å²) in [6.45, 7) is 2.22. The van der Waals surface area contributed by atoms with Crippen molar-refractivity contribution >= 4 is 40.2 Å². The minimum absolute atomic E-state index is 0.307. The summed E-state index contributed by atoms with van der Waals surface area (Å²) in [6, 6.07) is 11.8. The van der Waals surface area contributed by atoms with Crippen LogP contribution in [0.5, 0.6) is 0 Å². The zero-order valence-electron chi connectivity index (χ0n) is 13.4. The number of para-hydroxylation sites is 1. The van der Waals surface area contributed by atoms with Gasteiger partial charge in [-0.2, -0.15) is 0 Å². The lowest BCUT2D eigenvalue weighted by Gasteiger charge is -2.08. The molecule has 25 heavy (non-hydrogen) atoms. The smallest absolute Gasteiger partial charge is 0.338 e. The molecule has 0 aliphatic heterocycles. The summed E-state index contributed by atoms with van der Waals surface area (Å²) < 4.78 is 6.76. The first-order chi connectivity index (χ1) is 12.1. The molecule has 0 fully saturated rings. The molecule has 2 aromatic carbocycles. The molecule has 1 heterocycles. The van der Waals surface area contributed by atoms with E-state index in [9.17, 15) is 9.59 Å². The predicted octanol–water partition coefficient (Wildman–Crippen LogP) is 2.90. The van der Waals surface area contributed by atoms with Crippen LogP contribution in [0.3, 0.4) is 0 Å². The average molecular weight is 359 g/mol. The second-order valence-corrected chi connectivity index (χ2v) is 5.62. The average Bonchev–Trinajstić information content (AvgIpc) is 3.04. The molecule has 0 spiro atoms. The van der Waals surface area contributed by atoms with E-state index >= 15 is 0 Å². The maximum atomic E-state index is 12.1. The number of fused-ring (bicyclic) bond motifs is 1. The van der Waals surface area contributed by atoms with Crippen molar-refractivity contribution in [3.05, 3.63) is 53.1 Å². The first-order valence-electron chi connectivity index (χ1n) is 7.63. The molecule has 128 valence electrons. The van der Waals surface area contributed by atoms with E-state index in [2.05, 4.69) is 15.6 Å². The Hall–Kier alpha value is -2.93. The molecule has 0 aliphatic carbocycles. The van der Waals surface area contributed by atoms with Crippen LogP contribution in [0, 0.1) is 0 Å². The molecule has 0 radical (unpaired) electrons. The fourth-order valence-corrected chi connectivity index (χ4v) is 2.48. The zero-order chi connectivity index (χ0) is 17.8. The molecule has 1 N–H and O–H groups in total. The normalized spacial score (nSPS) is 10.6. The van der Waals surface area contributed by atoms with Gasteiger partial charge in [-0.3, -0.25) is 4.79 Å². The Bertz CT molecular complexity index is 939. The van der Waals surface area contributed by atoms with Gasteiger partial charge in [0.05, 0.1) is 21.8 Å². The minimum Gasteiger partial charge on any atom is -0.452 e. The first-order valence-corrected chi connectivity index (χ1v) is 8.01. The predicted molar refractivity (Wildman–Crippen MR) is 93.6 cm³/mol.